The van der Waals surface area contributed by atoms with E-state index in [-0.39, 0.29) is 6.61 Å². The van der Waals surface area contributed by atoms with Gasteiger partial charge in [-0.2, -0.15) is 0 Å². The lowest BCUT2D eigenvalue weighted by Gasteiger charge is -2.12. The molecule has 0 amide bonds. The molecule has 1 N–H and O–H groups in total. The van der Waals surface area contributed by atoms with Crippen molar-refractivity contribution >= 4 is 0 Å². The summed E-state index contributed by atoms with van der Waals surface area (Å²) in [6, 6.07) is 5.69. The topological polar surface area (TPSA) is 38.7 Å². The van der Waals surface area contributed by atoms with Gasteiger partial charge in [0, 0.05) is 0 Å². The maximum Gasteiger partial charge on any atom is 0.161 e. The molecule has 0 aliphatic heterocycles. The lowest BCUT2D eigenvalue weighted by molar-refractivity contribution is 0.120. The molecule has 0 aromatic heterocycles. The number of aliphatic hydroxyl groups excluding tert-OH is 1. The fourth-order valence-corrected chi connectivity index (χ4v) is 1.10. The Morgan fingerprint density at radius 1 is 1.36 bits per heavy atom. The molecule has 1 aromatic rings. The first-order valence-corrected chi connectivity index (χ1v) is 4.59. The van der Waals surface area contributed by atoms with Crippen LogP contribution >= 0.6 is 0 Å². The fourth-order valence-electron chi connectivity index (χ4n) is 1.10. The van der Waals surface area contributed by atoms with E-state index in [1.165, 1.54) is 0 Å². The van der Waals surface area contributed by atoms with Crippen molar-refractivity contribution < 1.29 is 14.6 Å². The van der Waals surface area contributed by atoms with E-state index in [1.807, 2.05) is 25.1 Å². The van der Waals surface area contributed by atoms with Crippen molar-refractivity contribution in [2.24, 2.45) is 0 Å². The molecule has 0 radical (unpaired) electrons. The van der Waals surface area contributed by atoms with Gasteiger partial charge in [0.25, 0.3) is 0 Å². The number of rotatable bonds is 4. The first-order valence-electron chi connectivity index (χ1n) is 4.59. The van der Waals surface area contributed by atoms with Crippen LogP contribution in [0.5, 0.6) is 11.5 Å². The molecule has 0 spiro atoms. The molecule has 1 aromatic carbocycles. The highest BCUT2D eigenvalue weighted by atomic mass is 16.5. The third-order valence-electron chi connectivity index (χ3n) is 1.80. The van der Waals surface area contributed by atoms with Crippen molar-refractivity contribution in [2.45, 2.75) is 20.0 Å². The number of hydrogen-bond acceptors (Lipinski definition) is 3. The summed E-state index contributed by atoms with van der Waals surface area (Å²) in [6.07, 6.45) is -0.471. The van der Waals surface area contributed by atoms with Gasteiger partial charge >= 0.3 is 0 Å². The Kier molecular flexibility index (Phi) is 3.77. The maximum atomic E-state index is 9.07. The summed E-state index contributed by atoms with van der Waals surface area (Å²) >= 11 is 0. The van der Waals surface area contributed by atoms with Crippen molar-refractivity contribution in [1.29, 1.82) is 0 Å². The van der Waals surface area contributed by atoms with Crippen LogP contribution < -0.4 is 9.47 Å². The third-order valence-corrected chi connectivity index (χ3v) is 1.80. The first kappa shape index (κ1) is 10.9. The van der Waals surface area contributed by atoms with Crippen LogP contribution in [-0.4, -0.2) is 24.9 Å². The Bertz CT molecular complexity index is 295. The number of ether oxygens (including phenoxy) is 2. The third kappa shape index (κ3) is 2.92. The van der Waals surface area contributed by atoms with Gasteiger partial charge < -0.3 is 14.6 Å². The van der Waals surface area contributed by atoms with Gasteiger partial charge in [-0.25, -0.2) is 0 Å². The summed E-state index contributed by atoms with van der Waals surface area (Å²) in [6.45, 7) is 3.95. The van der Waals surface area contributed by atoms with E-state index < -0.39 is 6.10 Å². The number of aryl methyl sites for hydroxylation is 1. The number of aliphatic hydroxyl groups is 1. The first-order chi connectivity index (χ1) is 6.63. The average molecular weight is 196 g/mol. The standard InChI is InChI=1S/C11H16O3/c1-8-4-5-10(11(6-8)13-3)14-7-9(2)12/h4-6,9,12H,7H2,1-3H3. The van der Waals surface area contributed by atoms with Crippen LogP contribution in [0.4, 0.5) is 0 Å². The summed E-state index contributed by atoms with van der Waals surface area (Å²) < 4.78 is 10.5. The molecule has 0 bridgehead atoms. The van der Waals surface area contributed by atoms with Crippen LogP contribution in [0.2, 0.25) is 0 Å². The molecule has 14 heavy (non-hydrogen) atoms. The fraction of sp³-hybridized carbons (Fsp3) is 0.455. The second-order valence-electron chi connectivity index (χ2n) is 3.31. The van der Waals surface area contributed by atoms with Gasteiger partial charge in [0.2, 0.25) is 0 Å². The molecule has 0 aliphatic rings. The minimum atomic E-state index is -0.471. The summed E-state index contributed by atoms with van der Waals surface area (Å²) in [7, 11) is 1.60. The predicted octanol–water partition coefficient (Wildman–Crippen LogP) is 1.76. The van der Waals surface area contributed by atoms with Crippen LogP contribution in [-0.2, 0) is 0 Å². The minimum absolute atomic E-state index is 0.277. The van der Waals surface area contributed by atoms with Crippen molar-refractivity contribution in [3.63, 3.8) is 0 Å². The smallest absolute Gasteiger partial charge is 0.161 e. The predicted molar refractivity (Wildman–Crippen MR) is 54.9 cm³/mol. The summed E-state index contributed by atoms with van der Waals surface area (Å²) in [5.74, 6) is 1.37. The molecular weight excluding hydrogens is 180 g/mol. The number of methoxy groups -OCH3 is 1. The van der Waals surface area contributed by atoms with E-state index in [0.29, 0.717) is 11.5 Å². The van der Waals surface area contributed by atoms with E-state index in [9.17, 15) is 0 Å². The molecule has 1 atom stereocenters. The van der Waals surface area contributed by atoms with Gasteiger partial charge in [-0.05, 0) is 31.5 Å². The van der Waals surface area contributed by atoms with Gasteiger partial charge in [0.05, 0.1) is 13.2 Å². The molecule has 3 nitrogen and oxygen atoms in total. The second-order valence-corrected chi connectivity index (χ2v) is 3.31. The minimum Gasteiger partial charge on any atom is -0.493 e. The van der Waals surface area contributed by atoms with Crippen molar-refractivity contribution in [2.75, 3.05) is 13.7 Å². The molecule has 0 aliphatic carbocycles. The Morgan fingerprint density at radius 2 is 2.07 bits per heavy atom. The zero-order chi connectivity index (χ0) is 10.6. The Balaban J connectivity index is 2.75. The lowest BCUT2D eigenvalue weighted by Crippen LogP contribution is -2.13. The highest BCUT2D eigenvalue weighted by Gasteiger charge is 2.05. The molecule has 1 unspecified atom stereocenters. The molecule has 1 rings (SSSR count). The quantitative estimate of drug-likeness (QED) is 0.797. The Morgan fingerprint density at radius 3 is 2.64 bits per heavy atom. The van der Waals surface area contributed by atoms with Crippen LogP contribution in [0.1, 0.15) is 12.5 Å². The van der Waals surface area contributed by atoms with Crippen molar-refractivity contribution in [3.8, 4) is 11.5 Å². The van der Waals surface area contributed by atoms with E-state index >= 15 is 0 Å². The zero-order valence-corrected chi connectivity index (χ0v) is 8.78. The van der Waals surface area contributed by atoms with Crippen LogP contribution in [0.15, 0.2) is 18.2 Å². The van der Waals surface area contributed by atoms with Gasteiger partial charge in [0.15, 0.2) is 11.5 Å². The van der Waals surface area contributed by atoms with E-state index in [0.717, 1.165) is 5.56 Å². The van der Waals surface area contributed by atoms with Gasteiger partial charge in [-0.15, -0.1) is 0 Å². The van der Waals surface area contributed by atoms with Gasteiger partial charge in [0.1, 0.15) is 6.61 Å². The normalized spacial score (nSPS) is 12.3. The largest absolute Gasteiger partial charge is 0.493 e. The molecule has 0 fully saturated rings. The molecule has 3 heteroatoms. The maximum absolute atomic E-state index is 9.07. The van der Waals surface area contributed by atoms with E-state index in [2.05, 4.69) is 0 Å². The Hall–Kier alpha value is -1.22. The van der Waals surface area contributed by atoms with Crippen molar-refractivity contribution in [1.82, 2.24) is 0 Å². The van der Waals surface area contributed by atoms with E-state index in [4.69, 9.17) is 14.6 Å². The van der Waals surface area contributed by atoms with Crippen LogP contribution in [0.25, 0.3) is 0 Å². The lowest BCUT2D eigenvalue weighted by atomic mass is 10.2. The summed E-state index contributed by atoms with van der Waals surface area (Å²) in [5.41, 5.74) is 1.12. The molecule has 0 saturated carbocycles. The number of hydrogen-bond donors (Lipinski definition) is 1. The molecule has 78 valence electrons. The molecule has 0 heterocycles. The van der Waals surface area contributed by atoms with Crippen LogP contribution in [0.3, 0.4) is 0 Å². The highest BCUT2D eigenvalue weighted by molar-refractivity contribution is 5.42. The molecular formula is C11H16O3. The second kappa shape index (κ2) is 4.86. The average Bonchev–Trinajstić information content (AvgIpc) is 2.15. The monoisotopic (exact) mass is 196 g/mol. The van der Waals surface area contributed by atoms with Crippen molar-refractivity contribution in [3.05, 3.63) is 23.8 Å². The summed E-state index contributed by atoms with van der Waals surface area (Å²) in [4.78, 5) is 0. The molecule has 0 saturated heterocycles. The summed E-state index contributed by atoms with van der Waals surface area (Å²) in [5, 5.41) is 9.07. The highest BCUT2D eigenvalue weighted by Crippen LogP contribution is 2.27. The zero-order valence-electron chi connectivity index (χ0n) is 8.78. The van der Waals surface area contributed by atoms with Gasteiger partial charge in [-0.3, -0.25) is 0 Å². The van der Waals surface area contributed by atoms with E-state index in [1.54, 1.807) is 14.0 Å². The number of benzene rings is 1. The Labute approximate surface area is 84.3 Å². The van der Waals surface area contributed by atoms with Gasteiger partial charge in [-0.1, -0.05) is 6.07 Å². The SMILES string of the molecule is COc1cc(C)ccc1OCC(C)O. The van der Waals surface area contributed by atoms with Crippen LogP contribution in [0, 0.1) is 6.92 Å².